The normalized spacial score (nSPS) is 11.2. The number of hydrogen-bond acceptors (Lipinski definition) is 3. The van der Waals surface area contributed by atoms with Crippen molar-refractivity contribution in [3.05, 3.63) is 50.1 Å². The van der Waals surface area contributed by atoms with Crippen LogP contribution < -0.4 is 0 Å². The summed E-state index contributed by atoms with van der Waals surface area (Å²) in [6.45, 7) is 3.57. The maximum absolute atomic E-state index is 13.3. The highest BCUT2D eigenvalue weighted by molar-refractivity contribution is 9.10. The van der Waals surface area contributed by atoms with E-state index in [1.165, 1.54) is 10.9 Å². The first-order chi connectivity index (χ1) is 8.54. The Morgan fingerprint density at radius 2 is 2.11 bits per heavy atom. The van der Waals surface area contributed by atoms with E-state index < -0.39 is 0 Å². The van der Waals surface area contributed by atoms with Crippen LogP contribution in [0.1, 0.15) is 16.1 Å². The van der Waals surface area contributed by atoms with Gasteiger partial charge >= 0.3 is 0 Å². The van der Waals surface area contributed by atoms with Crippen molar-refractivity contribution < 1.29 is 4.39 Å². The van der Waals surface area contributed by atoms with E-state index in [1.807, 2.05) is 25.5 Å². The smallest absolute Gasteiger partial charge is 0.124 e. The topological polar surface area (TPSA) is 16.1 Å². The molecule has 18 heavy (non-hydrogen) atoms. The van der Waals surface area contributed by atoms with Crippen molar-refractivity contribution in [2.45, 2.75) is 20.0 Å². The molecule has 2 nitrogen and oxygen atoms in total. The van der Waals surface area contributed by atoms with Crippen molar-refractivity contribution in [3.8, 4) is 0 Å². The van der Waals surface area contributed by atoms with Crippen LogP contribution in [-0.4, -0.2) is 16.9 Å². The maximum atomic E-state index is 13.3. The number of thiazole rings is 1. The molecule has 0 saturated heterocycles. The van der Waals surface area contributed by atoms with E-state index in [2.05, 4.69) is 25.8 Å². The van der Waals surface area contributed by atoms with Crippen molar-refractivity contribution in [1.29, 1.82) is 0 Å². The van der Waals surface area contributed by atoms with Crippen LogP contribution in [0.15, 0.2) is 28.2 Å². The first-order valence-corrected chi connectivity index (χ1v) is 7.24. The standard InChI is InChI=1S/C13H14BrFN2S/c1-9-13(18-8-16-9)7-17(2)6-10-3-11(14)5-12(15)4-10/h3-5,8H,6-7H2,1-2H3. The molecule has 0 radical (unpaired) electrons. The molecule has 0 amide bonds. The average molecular weight is 329 g/mol. The van der Waals surface area contributed by atoms with Crippen LogP contribution in [0.25, 0.3) is 0 Å². The summed E-state index contributed by atoms with van der Waals surface area (Å²) < 4.78 is 14.0. The lowest BCUT2D eigenvalue weighted by Gasteiger charge is -2.16. The molecule has 96 valence electrons. The van der Waals surface area contributed by atoms with Crippen LogP contribution in [0.4, 0.5) is 4.39 Å². The van der Waals surface area contributed by atoms with Gasteiger partial charge in [0.2, 0.25) is 0 Å². The van der Waals surface area contributed by atoms with Crippen LogP contribution in [0.2, 0.25) is 0 Å². The predicted octanol–water partition coefficient (Wildman–Crippen LogP) is 3.99. The molecule has 0 spiro atoms. The van der Waals surface area contributed by atoms with Gasteiger partial charge in [-0.15, -0.1) is 11.3 Å². The molecule has 0 unspecified atom stereocenters. The molecule has 5 heteroatoms. The summed E-state index contributed by atoms with van der Waals surface area (Å²) in [7, 11) is 2.03. The molecule has 0 bridgehead atoms. The monoisotopic (exact) mass is 328 g/mol. The first kappa shape index (κ1) is 13.6. The van der Waals surface area contributed by atoms with Gasteiger partial charge in [0.05, 0.1) is 11.2 Å². The Kier molecular flexibility index (Phi) is 4.48. The van der Waals surface area contributed by atoms with Gasteiger partial charge in [-0.05, 0) is 37.7 Å². The van der Waals surface area contributed by atoms with E-state index in [9.17, 15) is 4.39 Å². The summed E-state index contributed by atoms with van der Waals surface area (Å²) >= 11 is 4.97. The zero-order valence-corrected chi connectivity index (χ0v) is 12.7. The molecule has 2 rings (SSSR count). The SMILES string of the molecule is Cc1ncsc1CN(C)Cc1cc(F)cc(Br)c1. The van der Waals surface area contributed by atoms with E-state index in [0.717, 1.165) is 22.3 Å². The zero-order chi connectivity index (χ0) is 13.1. The van der Waals surface area contributed by atoms with E-state index in [1.54, 1.807) is 17.4 Å². The minimum atomic E-state index is -0.207. The Hall–Kier alpha value is -0.780. The summed E-state index contributed by atoms with van der Waals surface area (Å²) in [6.07, 6.45) is 0. The van der Waals surface area contributed by atoms with Crippen LogP contribution in [0.5, 0.6) is 0 Å². The Balaban J connectivity index is 2.03. The number of aromatic nitrogens is 1. The average Bonchev–Trinajstić information content (AvgIpc) is 2.62. The third-order valence-corrected chi connectivity index (χ3v) is 4.01. The molecule has 0 aliphatic carbocycles. The third-order valence-electron chi connectivity index (χ3n) is 2.63. The summed E-state index contributed by atoms with van der Waals surface area (Å²) in [5.41, 5.74) is 3.90. The fourth-order valence-electron chi connectivity index (χ4n) is 1.79. The minimum Gasteiger partial charge on any atom is -0.297 e. The van der Waals surface area contributed by atoms with E-state index in [4.69, 9.17) is 0 Å². The largest absolute Gasteiger partial charge is 0.297 e. The molecule has 0 atom stereocenters. The number of rotatable bonds is 4. The molecular formula is C13H14BrFN2S. The van der Waals surface area contributed by atoms with Gasteiger partial charge in [0.1, 0.15) is 5.82 Å². The third kappa shape index (κ3) is 3.60. The molecular weight excluding hydrogens is 315 g/mol. The lowest BCUT2D eigenvalue weighted by molar-refractivity contribution is 0.320. The van der Waals surface area contributed by atoms with Gasteiger partial charge in [-0.3, -0.25) is 4.90 Å². The molecule has 0 saturated carbocycles. The summed E-state index contributed by atoms with van der Waals surface area (Å²) in [5, 5.41) is 0. The zero-order valence-electron chi connectivity index (χ0n) is 10.3. The predicted molar refractivity (Wildman–Crippen MR) is 76.1 cm³/mol. The highest BCUT2D eigenvalue weighted by atomic mass is 79.9. The second-order valence-electron chi connectivity index (χ2n) is 4.31. The minimum absolute atomic E-state index is 0.207. The van der Waals surface area contributed by atoms with Crippen LogP contribution in [-0.2, 0) is 13.1 Å². The van der Waals surface area contributed by atoms with Crippen molar-refractivity contribution in [3.63, 3.8) is 0 Å². The lowest BCUT2D eigenvalue weighted by Crippen LogP contribution is -2.17. The highest BCUT2D eigenvalue weighted by Gasteiger charge is 2.07. The molecule has 1 heterocycles. The van der Waals surface area contributed by atoms with Gasteiger partial charge in [0.25, 0.3) is 0 Å². The van der Waals surface area contributed by atoms with E-state index >= 15 is 0 Å². The van der Waals surface area contributed by atoms with Gasteiger partial charge in [-0.25, -0.2) is 9.37 Å². The number of nitrogens with zero attached hydrogens (tertiary/aromatic N) is 2. The van der Waals surface area contributed by atoms with Gasteiger partial charge < -0.3 is 0 Å². The molecule has 1 aromatic carbocycles. The summed E-state index contributed by atoms with van der Waals surface area (Å²) in [4.78, 5) is 7.64. The molecule has 0 fully saturated rings. The fourth-order valence-corrected chi connectivity index (χ4v) is 3.16. The van der Waals surface area contributed by atoms with Crippen LogP contribution >= 0.6 is 27.3 Å². The summed E-state index contributed by atoms with van der Waals surface area (Å²) in [6, 6.07) is 4.98. The van der Waals surface area contributed by atoms with Crippen molar-refractivity contribution in [2.24, 2.45) is 0 Å². The fraction of sp³-hybridized carbons (Fsp3) is 0.308. The molecule has 0 N–H and O–H groups in total. The quantitative estimate of drug-likeness (QED) is 0.843. The van der Waals surface area contributed by atoms with Gasteiger partial charge in [0, 0.05) is 22.4 Å². The van der Waals surface area contributed by atoms with E-state index in [0.29, 0.717) is 6.54 Å². The lowest BCUT2D eigenvalue weighted by atomic mass is 10.2. The van der Waals surface area contributed by atoms with Crippen LogP contribution in [0.3, 0.4) is 0 Å². The van der Waals surface area contributed by atoms with Crippen LogP contribution in [0, 0.1) is 12.7 Å². The van der Waals surface area contributed by atoms with Crippen molar-refractivity contribution in [1.82, 2.24) is 9.88 Å². The Bertz CT molecular complexity index is 521. The number of benzene rings is 1. The number of hydrogen-bond donors (Lipinski definition) is 0. The van der Waals surface area contributed by atoms with Gasteiger partial charge in [0.15, 0.2) is 0 Å². The summed E-state index contributed by atoms with van der Waals surface area (Å²) in [5.74, 6) is -0.207. The first-order valence-electron chi connectivity index (χ1n) is 5.57. The molecule has 0 aliphatic rings. The molecule has 0 aliphatic heterocycles. The molecule has 1 aromatic heterocycles. The Labute approximate surface area is 119 Å². The second kappa shape index (κ2) is 5.91. The van der Waals surface area contributed by atoms with E-state index in [-0.39, 0.29) is 5.82 Å². The number of aryl methyl sites for hydroxylation is 1. The van der Waals surface area contributed by atoms with Crippen molar-refractivity contribution >= 4 is 27.3 Å². The van der Waals surface area contributed by atoms with Gasteiger partial charge in [-0.1, -0.05) is 15.9 Å². The second-order valence-corrected chi connectivity index (χ2v) is 6.17. The number of halogens is 2. The molecule has 2 aromatic rings. The maximum Gasteiger partial charge on any atom is 0.124 e. The highest BCUT2D eigenvalue weighted by Crippen LogP contribution is 2.18. The van der Waals surface area contributed by atoms with Gasteiger partial charge in [-0.2, -0.15) is 0 Å². The van der Waals surface area contributed by atoms with Crippen molar-refractivity contribution in [2.75, 3.05) is 7.05 Å². The Morgan fingerprint density at radius 3 is 2.72 bits per heavy atom. The Morgan fingerprint density at radius 1 is 1.33 bits per heavy atom.